The Labute approximate surface area is 157 Å². The summed E-state index contributed by atoms with van der Waals surface area (Å²) in [5, 5.41) is 18.2. The van der Waals surface area contributed by atoms with Gasteiger partial charge >= 0.3 is 0 Å². The molecule has 1 saturated heterocycles. The first-order chi connectivity index (χ1) is 13.1. The molecule has 1 aliphatic heterocycles. The van der Waals surface area contributed by atoms with E-state index in [1.807, 2.05) is 36.4 Å². The minimum atomic E-state index is 0.150. The SMILES string of the molecule is Nc1nnc(-c2ccccc2O)cc1-c1ccc(N2CCC(=O)CC2)cc1. The second-order valence-corrected chi connectivity index (χ2v) is 6.62. The predicted octanol–water partition coefficient (Wildman–Crippen LogP) is 3.27. The summed E-state index contributed by atoms with van der Waals surface area (Å²) in [4.78, 5) is 13.6. The number of para-hydroxylation sites is 1. The highest BCUT2D eigenvalue weighted by Gasteiger charge is 2.17. The van der Waals surface area contributed by atoms with Crippen LogP contribution in [0.5, 0.6) is 5.75 Å². The topological polar surface area (TPSA) is 92.3 Å². The standard InChI is InChI=1S/C21H20N4O2/c22-21-18(13-19(23-24-21)17-3-1-2-4-20(17)27)14-5-7-15(8-6-14)25-11-9-16(26)10-12-25/h1-8,13,27H,9-12H2,(H2,22,24). The average molecular weight is 360 g/mol. The van der Waals surface area contributed by atoms with Crippen molar-refractivity contribution in [3.05, 3.63) is 54.6 Å². The molecule has 6 heteroatoms. The summed E-state index contributed by atoms with van der Waals surface area (Å²) < 4.78 is 0. The van der Waals surface area contributed by atoms with E-state index in [0.29, 0.717) is 35.7 Å². The number of Topliss-reactive ketones (excluding diaryl/α,β-unsaturated/α-hetero) is 1. The molecular weight excluding hydrogens is 340 g/mol. The summed E-state index contributed by atoms with van der Waals surface area (Å²) in [7, 11) is 0. The van der Waals surface area contributed by atoms with E-state index in [4.69, 9.17) is 5.73 Å². The number of hydrogen-bond acceptors (Lipinski definition) is 6. The van der Waals surface area contributed by atoms with Gasteiger partial charge in [-0.2, -0.15) is 0 Å². The number of nitrogen functional groups attached to an aromatic ring is 1. The first kappa shape index (κ1) is 17.0. The van der Waals surface area contributed by atoms with Crippen molar-refractivity contribution in [2.45, 2.75) is 12.8 Å². The Balaban J connectivity index is 1.64. The largest absolute Gasteiger partial charge is 0.507 e. The lowest BCUT2D eigenvalue weighted by atomic mass is 10.0. The Kier molecular flexibility index (Phi) is 4.46. The Hall–Kier alpha value is -3.41. The Morgan fingerprint density at radius 1 is 0.926 bits per heavy atom. The molecule has 0 aliphatic carbocycles. The smallest absolute Gasteiger partial charge is 0.154 e. The molecule has 0 bridgehead atoms. The number of aromatic nitrogens is 2. The van der Waals surface area contributed by atoms with Crippen LogP contribution in [0.1, 0.15) is 12.8 Å². The number of aromatic hydroxyl groups is 1. The van der Waals surface area contributed by atoms with E-state index in [-0.39, 0.29) is 5.75 Å². The first-order valence-electron chi connectivity index (χ1n) is 8.90. The zero-order chi connectivity index (χ0) is 18.8. The summed E-state index contributed by atoms with van der Waals surface area (Å²) >= 11 is 0. The van der Waals surface area contributed by atoms with Gasteiger partial charge in [-0.3, -0.25) is 4.79 Å². The van der Waals surface area contributed by atoms with Gasteiger partial charge in [0.15, 0.2) is 5.82 Å². The van der Waals surface area contributed by atoms with Crippen LogP contribution < -0.4 is 10.6 Å². The van der Waals surface area contributed by atoms with E-state index in [2.05, 4.69) is 15.1 Å². The molecule has 1 aliphatic rings. The Morgan fingerprint density at radius 3 is 2.33 bits per heavy atom. The molecule has 1 fully saturated rings. The quantitative estimate of drug-likeness (QED) is 0.745. The molecule has 4 rings (SSSR count). The molecule has 0 radical (unpaired) electrons. The fourth-order valence-electron chi connectivity index (χ4n) is 3.32. The number of hydrogen-bond donors (Lipinski definition) is 2. The molecule has 0 saturated carbocycles. The molecule has 0 atom stereocenters. The fraction of sp³-hybridized carbons (Fsp3) is 0.190. The summed E-state index contributed by atoms with van der Waals surface area (Å²) in [6.45, 7) is 1.52. The third-order valence-electron chi connectivity index (χ3n) is 4.87. The lowest BCUT2D eigenvalue weighted by Crippen LogP contribution is -2.33. The number of rotatable bonds is 3. The second-order valence-electron chi connectivity index (χ2n) is 6.62. The van der Waals surface area contributed by atoms with Crippen molar-refractivity contribution in [1.29, 1.82) is 0 Å². The molecule has 2 aromatic carbocycles. The van der Waals surface area contributed by atoms with Crippen LogP contribution in [-0.4, -0.2) is 34.2 Å². The number of nitrogens with zero attached hydrogens (tertiary/aromatic N) is 3. The maximum Gasteiger partial charge on any atom is 0.154 e. The highest BCUT2D eigenvalue weighted by atomic mass is 16.3. The van der Waals surface area contributed by atoms with Crippen molar-refractivity contribution < 1.29 is 9.90 Å². The number of nitrogens with two attached hydrogens (primary N) is 1. The molecule has 3 aromatic rings. The lowest BCUT2D eigenvalue weighted by Gasteiger charge is -2.28. The molecular formula is C21H20N4O2. The van der Waals surface area contributed by atoms with E-state index in [9.17, 15) is 9.90 Å². The number of benzene rings is 2. The molecule has 0 unspecified atom stereocenters. The Morgan fingerprint density at radius 2 is 1.63 bits per heavy atom. The number of ketones is 1. The summed E-state index contributed by atoms with van der Waals surface area (Å²) in [5.41, 5.74) is 10.0. The van der Waals surface area contributed by atoms with Crippen LogP contribution >= 0.6 is 0 Å². The monoisotopic (exact) mass is 360 g/mol. The van der Waals surface area contributed by atoms with Gasteiger partial charge in [0.05, 0.1) is 5.69 Å². The number of phenols is 1. The number of anilines is 2. The van der Waals surface area contributed by atoms with E-state index in [1.54, 1.807) is 18.2 Å². The highest BCUT2D eigenvalue weighted by Crippen LogP contribution is 2.33. The van der Waals surface area contributed by atoms with E-state index in [0.717, 1.165) is 29.9 Å². The van der Waals surface area contributed by atoms with Gasteiger partial charge in [0.1, 0.15) is 11.5 Å². The van der Waals surface area contributed by atoms with Gasteiger partial charge in [-0.15, -0.1) is 10.2 Å². The van der Waals surface area contributed by atoms with Crippen molar-refractivity contribution in [3.63, 3.8) is 0 Å². The molecule has 0 amide bonds. The average Bonchev–Trinajstić information content (AvgIpc) is 2.70. The summed E-state index contributed by atoms with van der Waals surface area (Å²) in [6.07, 6.45) is 1.21. The maximum atomic E-state index is 11.4. The van der Waals surface area contributed by atoms with Gasteiger partial charge in [0, 0.05) is 42.7 Å². The van der Waals surface area contributed by atoms with E-state index >= 15 is 0 Å². The van der Waals surface area contributed by atoms with Crippen LogP contribution in [0.25, 0.3) is 22.4 Å². The van der Waals surface area contributed by atoms with Crippen LogP contribution in [0.2, 0.25) is 0 Å². The number of phenolic OH excluding ortho intramolecular Hbond substituents is 1. The van der Waals surface area contributed by atoms with E-state index in [1.165, 1.54) is 0 Å². The number of piperidine rings is 1. The Bertz CT molecular complexity index is 976. The predicted molar refractivity (Wildman–Crippen MR) is 105 cm³/mol. The number of carbonyl (C=O) groups excluding carboxylic acids is 1. The van der Waals surface area contributed by atoms with Crippen LogP contribution in [0.3, 0.4) is 0 Å². The minimum Gasteiger partial charge on any atom is -0.507 e. The zero-order valence-corrected chi connectivity index (χ0v) is 14.8. The van der Waals surface area contributed by atoms with Gasteiger partial charge in [0.25, 0.3) is 0 Å². The van der Waals surface area contributed by atoms with Crippen molar-refractivity contribution in [3.8, 4) is 28.1 Å². The fourth-order valence-corrected chi connectivity index (χ4v) is 3.32. The van der Waals surface area contributed by atoms with Gasteiger partial charge < -0.3 is 15.7 Å². The number of carbonyl (C=O) groups is 1. The second kappa shape index (κ2) is 7.07. The summed E-state index contributed by atoms with van der Waals surface area (Å²) in [6, 6.07) is 16.9. The van der Waals surface area contributed by atoms with Crippen molar-refractivity contribution in [1.82, 2.24) is 10.2 Å². The maximum absolute atomic E-state index is 11.4. The molecule has 136 valence electrons. The van der Waals surface area contributed by atoms with Crippen molar-refractivity contribution >= 4 is 17.3 Å². The van der Waals surface area contributed by atoms with Gasteiger partial charge in [0.2, 0.25) is 0 Å². The molecule has 2 heterocycles. The zero-order valence-electron chi connectivity index (χ0n) is 14.8. The molecule has 6 nitrogen and oxygen atoms in total. The molecule has 3 N–H and O–H groups in total. The molecule has 27 heavy (non-hydrogen) atoms. The van der Waals surface area contributed by atoms with Crippen LogP contribution in [-0.2, 0) is 4.79 Å². The van der Waals surface area contributed by atoms with Crippen LogP contribution in [0.15, 0.2) is 54.6 Å². The van der Waals surface area contributed by atoms with Crippen LogP contribution in [0, 0.1) is 0 Å². The molecule has 1 aromatic heterocycles. The van der Waals surface area contributed by atoms with E-state index < -0.39 is 0 Å². The van der Waals surface area contributed by atoms with Gasteiger partial charge in [-0.05, 0) is 35.9 Å². The summed E-state index contributed by atoms with van der Waals surface area (Å²) in [5.74, 6) is 0.818. The van der Waals surface area contributed by atoms with Crippen LogP contribution in [0.4, 0.5) is 11.5 Å². The first-order valence-corrected chi connectivity index (χ1v) is 8.90. The van der Waals surface area contributed by atoms with Gasteiger partial charge in [-0.1, -0.05) is 24.3 Å². The third-order valence-corrected chi connectivity index (χ3v) is 4.87. The van der Waals surface area contributed by atoms with Crippen molar-refractivity contribution in [2.75, 3.05) is 23.7 Å². The minimum absolute atomic E-state index is 0.150. The van der Waals surface area contributed by atoms with Crippen molar-refractivity contribution in [2.24, 2.45) is 0 Å². The van der Waals surface area contributed by atoms with Gasteiger partial charge in [-0.25, -0.2) is 0 Å². The normalized spacial score (nSPS) is 14.4. The molecule has 0 spiro atoms. The third kappa shape index (κ3) is 3.46. The highest BCUT2D eigenvalue weighted by molar-refractivity contribution is 5.82. The lowest BCUT2D eigenvalue weighted by molar-refractivity contribution is -0.119.